The molecule has 17 heavy (non-hydrogen) atoms. The smallest absolute Gasteiger partial charge is 0.261 e. The molecule has 94 valence electrons. The molecule has 0 N–H and O–H groups in total. The number of hydrogen-bond acceptors (Lipinski definition) is 1. The molecule has 1 aliphatic rings. The minimum absolute atomic E-state index is 0.132. The zero-order chi connectivity index (χ0) is 12.3. The van der Waals surface area contributed by atoms with Gasteiger partial charge in [0.05, 0.1) is 5.69 Å². The van der Waals surface area contributed by atoms with Crippen molar-refractivity contribution in [1.82, 2.24) is 4.98 Å². The molecule has 1 aromatic rings. The summed E-state index contributed by atoms with van der Waals surface area (Å²) in [5.74, 6) is 1.02. The molecule has 1 heterocycles. The van der Waals surface area contributed by atoms with Crippen molar-refractivity contribution in [2.75, 3.05) is 0 Å². The van der Waals surface area contributed by atoms with Gasteiger partial charge < -0.3 is 0 Å². The second kappa shape index (κ2) is 5.56. The van der Waals surface area contributed by atoms with Crippen LogP contribution in [0.2, 0.25) is 0 Å². The summed E-state index contributed by atoms with van der Waals surface area (Å²) < 4.78 is 25.8. The summed E-state index contributed by atoms with van der Waals surface area (Å²) in [5.41, 5.74) is 0.768. The summed E-state index contributed by atoms with van der Waals surface area (Å²) in [4.78, 5) is 4.19. The maximum absolute atomic E-state index is 12.9. The molecule has 0 radical (unpaired) electrons. The molecule has 0 bridgehead atoms. The van der Waals surface area contributed by atoms with Gasteiger partial charge in [-0.1, -0.05) is 13.3 Å². The molecule has 0 aromatic carbocycles. The Morgan fingerprint density at radius 1 is 1.29 bits per heavy atom. The SMILES string of the molecule is CCC1CCC(c2ncccc2C(F)F)CC1. The van der Waals surface area contributed by atoms with Crippen LogP contribution in [0, 0.1) is 5.92 Å². The maximum atomic E-state index is 12.9. The summed E-state index contributed by atoms with van der Waals surface area (Å²) in [5, 5.41) is 0. The van der Waals surface area contributed by atoms with Gasteiger partial charge in [-0.3, -0.25) is 4.98 Å². The molecule has 0 amide bonds. The Labute approximate surface area is 101 Å². The highest BCUT2D eigenvalue weighted by atomic mass is 19.3. The van der Waals surface area contributed by atoms with Crippen molar-refractivity contribution in [3.63, 3.8) is 0 Å². The van der Waals surface area contributed by atoms with Gasteiger partial charge in [0.1, 0.15) is 0 Å². The van der Waals surface area contributed by atoms with Crippen LogP contribution in [0.5, 0.6) is 0 Å². The minimum atomic E-state index is -2.40. The molecule has 0 aliphatic heterocycles. The quantitative estimate of drug-likeness (QED) is 0.744. The van der Waals surface area contributed by atoms with Crippen LogP contribution in [0.1, 0.15) is 62.6 Å². The van der Waals surface area contributed by atoms with Crippen LogP contribution < -0.4 is 0 Å². The van der Waals surface area contributed by atoms with E-state index in [0.29, 0.717) is 5.69 Å². The largest absolute Gasteiger partial charge is 0.265 e. The monoisotopic (exact) mass is 239 g/mol. The van der Waals surface area contributed by atoms with Crippen LogP contribution in [0.15, 0.2) is 18.3 Å². The number of hydrogen-bond donors (Lipinski definition) is 0. The lowest BCUT2D eigenvalue weighted by Gasteiger charge is -2.28. The fraction of sp³-hybridized carbons (Fsp3) is 0.643. The van der Waals surface area contributed by atoms with E-state index < -0.39 is 6.43 Å². The van der Waals surface area contributed by atoms with E-state index in [9.17, 15) is 8.78 Å². The van der Waals surface area contributed by atoms with Gasteiger partial charge in [-0.2, -0.15) is 0 Å². The molecule has 0 spiro atoms. The van der Waals surface area contributed by atoms with Crippen LogP contribution in [0.3, 0.4) is 0 Å². The van der Waals surface area contributed by atoms with E-state index >= 15 is 0 Å². The Hall–Kier alpha value is -0.990. The van der Waals surface area contributed by atoms with Crippen molar-refractivity contribution >= 4 is 0 Å². The average Bonchev–Trinajstić information content (AvgIpc) is 2.39. The fourth-order valence-corrected chi connectivity index (χ4v) is 2.80. The van der Waals surface area contributed by atoms with E-state index in [1.165, 1.54) is 12.5 Å². The van der Waals surface area contributed by atoms with Gasteiger partial charge in [0.25, 0.3) is 6.43 Å². The normalized spacial score (nSPS) is 25.2. The van der Waals surface area contributed by atoms with Gasteiger partial charge in [-0.15, -0.1) is 0 Å². The van der Waals surface area contributed by atoms with Crippen LogP contribution in [-0.4, -0.2) is 4.98 Å². The zero-order valence-corrected chi connectivity index (χ0v) is 10.2. The Morgan fingerprint density at radius 3 is 2.59 bits per heavy atom. The molecule has 3 heteroatoms. The van der Waals surface area contributed by atoms with Gasteiger partial charge in [0.15, 0.2) is 0 Å². The van der Waals surface area contributed by atoms with Crippen LogP contribution in [-0.2, 0) is 0 Å². The van der Waals surface area contributed by atoms with Crippen LogP contribution in [0.4, 0.5) is 8.78 Å². The molecule has 0 saturated heterocycles. The standard InChI is InChI=1S/C14H19F2N/c1-2-10-5-7-11(8-6-10)13-12(14(15)16)4-3-9-17-13/h3-4,9-11,14H,2,5-8H2,1H3. The van der Waals surface area contributed by atoms with Crippen molar-refractivity contribution in [2.45, 2.75) is 51.4 Å². The molecule has 1 nitrogen and oxygen atoms in total. The van der Waals surface area contributed by atoms with E-state index in [-0.39, 0.29) is 11.5 Å². The highest BCUT2D eigenvalue weighted by molar-refractivity contribution is 5.24. The number of halogens is 2. The number of nitrogens with zero attached hydrogens (tertiary/aromatic N) is 1. The molecular formula is C14H19F2N. The molecule has 1 saturated carbocycles. The Balaban J connectivity index is 2.13. The first-order valence-corrected chi connectivity index (χ1v) is 6.45. The zero-order valence-electron chi connectivity index (χ0n) is 10.2. The van der Waals surface area contributed by atoms with E-state index in [4.69, 9.17) is 0 Å². The van der Waals surface area contributed by atoms with Gasteiger partial charge >= 0.3 is 0 Å². The van der Waals surface area contributed by atoms with Crippen molar-refractivity contribution in [3.05, 3.63) is 29.6 Å². The van der Waals surface area contributed by atoms with Crippen molar-refractivity contribution in [1.29, 1.82) is 0 Å². The lowest BCUT2D eigenvalue weighted by molar-refractivity contribution is 0.148. The maximum Gasteiger partial charge on any atom is 0.265 e. The van der Waals surface area contributed by atoms with Gasteiger partial charge in [0.2, 0.25) is 0 Å². The lowest BCUT2D eigenvalue weighted by atomic mass is 9.78. The number of rotatable bonds is 3. The number of alkyl halides is 2. The van der Waals surface area contributed by atoms with Gasteiger partial charge in [-0.25, -0.2) is 8.78 Å². The van der Waals surface area contributed by atoms with Gasteiger partial charge in [-0.05, 0) is 43.7 Å². The van der Waals surface area contributed by atoms with Crippen LogP contribution in [0.25, 0.3) is 0 Å². The molecule has 0 unspecified atom stereocenters. The fourth-order valence-electron chi connectivity index (χ4n) is 2.80. The summed E-state index contributed by atoms with van der Waals surface area (Å²) in [7, 11) is 0. The van der Waals surface area contributed by atoms with Crippen molar-refractivity contribution in [2.24, 2.45) is 5.92 Å². The first-order valence-electron chi connectivity index (χ1n) is 6.45. The molecule has 1 aromatic heterocycles. The van der Waals surface area contributed by atoms with Gasteiger partial charge in [0, 0.05) is 17.7 Å². The third kappa shape index (κ3) is 2.82. The highest BCUT2D eigenvalue weighted by Crippen LogP contribution is 2.39. The third-order valence-corrected chi connectivity index (χ3v) is 3.92. The van der Waals surface area contributed by atoms with Crippen molar-refractivity contribution < 1.29 is 8.78 Å². The second-order valence-corrected chi connectivity index (χ2v) is 4.90. The Bertz CT molecular complexity index is 357. The summed E-state index contributed by atoms with van der Waals surface area (Å²) in [6.07, 6.45) is 4.76. The number of aromatic nitrogens is 1. The third-order valence-electron chi connectivity index (χ3n) is 3.92. The Kier molecular flexibility index (Phi) is 4.08. The van der Waals surface area contributed by atoms with E-state index in [2.05, 4.69) is 11.9 Å². The van der Waals surface area contributed by atoms with Crippen molar-refractivity contribution in [3.8, 4) is 0 Å². The van der Waals surface area contributed by atoms with Crippen LogP contribution >= 0.6 is 0 Å². The minimum Gasteiger partial charge on any atom is -0.261 e. The number of pyridine rings is 1. The molecule has 1 aliphatic carbocycles. The molecule has 0 atom stereocenters. The second-order valence-electron chi connectivity index (χ2n) is 4.90. The molecule has 2 rings (SSSR count). The predicted molar refractivity (Wildman–Crippen MR) is 64.2 cm³/mol. The first kappa shape index (κ1) is 12.5. The summed E-state index contributed by atoms with van der Waals surface area (Å²) in [6.45, 7) is 2.20. The van der Waals surface area contributed by atoms with E-state index in [0.717, 1.165) is 31.6 Å². The molecular weight excluding hydrogens is 220 g/mol. The summed E-state index contributed by atoms with van der Waals surface area (Å²) >= 11 is 0. The topological polar surface area (TPSA) is 12.9 Å². The highest BCUT2D eigenvalue weighted by Gasteiger charge is 2.26. The predicted octanol–water partition coefficient (Wildman–Crippen LogP) is 4.70. The van der Waals surface area contributed by atoms with E-state index in [1.807, 2.05) is 0 Å². The Morgan fingerprint density at radius 2 is 2.00 bits per heavy atom. The molecule has 1 fully saturated rings. The summed E-state index contributed by atoms with van der Waals surface area (Å²) in [6, 6.07) is 3.11. The lowest BCUT2D eigenvalue weighted by Crippen LogP contribution is -2.15. The first-order chi connectivity index (χ1) is 8.22. The van der Waals surface area contributed by atoms with E-state index in [1.54, 1.807) is 12.3 Å². The average molecular weight is 239 g/mol.